The lowest BCUT2D eigenvalue weighted by atomic mass is 10.1. The number of nitrogens with one attached hydrogen (secondary N) is 1. The van der Waals surface area contributed by atoms with Crippen LogP contribution in [0.5, 0.6) is 0 Å². The normalized spacial score (nSPS) is 19.6. The Bertz CT molecular complexity index is 960. The number of hydrogen-bond acceptors (Lipinski definition) is 5. The van der Waals surface area contributed by atoms with Gasteiger partial charge in [0.1, 0.15) is 0 Å². The van der Waals surface area contributed by atoms with Crippen LogP contribution in [0.1, 0.15) is 33.6 Å². The minimum atomic E-state index is -3.69. The first-order chi connectivity index (χ1) is 13.0. The van der Waals surface area contributed by atoms with Gasteiger partial charge in [-0.25, -0.2) is 18.0 Å². The van der Waals surface area contributed by atoms with Crippen LogP contribution in [0.4, 0.5) is 5.69 Å². The summed E-state index contributed by atoms with van der Waals surface area (Å²) in [5, 5.41) is 0. The van der Waals surface area contributed by atoms with Crippen LogP contribution < -0.4 is 9.62 Å². The summed E-state index contributed by atoms with van der Waals surface area (Å²) in [5.41, 5.74) is 1.02. The molecule has 140 valence electrons. The molecule has 1 N–H and O–H groups in total. The van der Waals surface area contributed by atoms with Crippen LogP contribution >= 0.6 is 0 Å². The smallest absolute Gasteiger partial charge is 0.266 e. The summed E-state index contributed by atoms with van der Waals surface area (Å²) in [6, 6.07) is 12.3. The second kappa shape index (κ2) is 6.88. The summed E-state index contributed by atoms with van der Waals surface area (Å²) in [6.45, 7) is 0.879. The average molecular weight is 386 g/mol. The molecule has 0 bridgehead atoms. The Morgan fingerprint density at radius 2 is 1.63 bits per heavy atom. The highest BCUT2D eigenvalue weighted by atomic mass is 32.2. The van der Waals surface area contributed by atoms with Crippen molar-refractivity contribution < 1.29 is 22.7 Å². The van der Waals surface area contributed by atoms with Crippen LogP contribution in [0.3, 0.4) is 0 Å². The minimum absolute atomic E-state index is 0.0702. The molecule has 27 heavy (non-hydrogen) atoms. The molecule has 2 aliphatic heterocycles. The number of hydrogen-bond donors (Lipinski definition) is 1. The summed E-state index contributed by atoms with van der Waals surface area (Å²) in [6.07, 6.45) is 1.67. The number of fused-ring (bicyclic) bond motifs is 1. The molecule has 8 heteroatoms. The van der Waals surface area contributed by atoms with E-state index in [0.29, 0.717) is 23.4 Å². The largest absolute Gasteiger partial charge is 0.377 e. The predicted octanol–water partition coefficient (Wildman–Crippen LogP) is 1.94. The Hall–Kier alpha value is -2.55. The number of amides is 2. The van der Waals surface area contributed by atoms with E-state index in [4.69, 9.17) is 4.74 Å². The van der Waals surface area contributed by atoms with Crippen LogP contribution in [0.15, 0.2) is 53.4 Å². The molecule has 7 nitrogen and oxygen atoms in total. The molecule has 2 aliphatic rings. The first-order valence-corrected chi connectivity index (χ1v) is 10.1. The van der Waals surface area contributed by atoms with E-state index in [1.165, 1.54) is 24.3 Å². The number of nitrogens with zero attached hydrogens (tertiary/aromatic N) is 1. The highest BCUT2D eigenvalue weighted by Crippen LogP contribution is 2.28. The minimum Gasteiger partial charge on any atom is -0.377 e. The summed E-state index contributed by atoms with van der Waals surface area (Å²) >= 11 is 0. The third kappa shape index (κ3) is 3.27. The van der Waals surface area contributed by atoms with E-state index in [0.717, 1.165) is 17.7 Å². The Kier molecular flexibility index (Phi) is 4.55. The summed E-state index contributed by atoms with van der Waals surface area (Å²) in [4.78, 5) is 26.1. The van der Waals surface area contributed by atoms with Gasteiger partial charge < -0.3 is 4.74 Å². The monoisotopic (exact) mass is 386 g/mol. The number of rotatable bonds is 5. The number of carbonyl (C=O) groups is 2. The van der Waals surface area contributed by atoms with Crippen molar-refractivity contribution >= 4 is 27.5 Å². The van der Waals surface area contributed by atoms with E-state index in [1.54, 1.807) is 24.3 Å². The maximum atomic E-state index is 12.5. The van der Waals surface area contributed by atoms with Gasteiger partial charge in [-0.05, 0) is 49.2 Å². The molecule has 0 aromatic heterocycles. The van der Waals surface area contributed by atoms with Gasteiger partial charge in [0.25, 0.3) is 11.8 Å². The lowest BCUT2D eigenvalue weighted by Crippen LogP contribution is -2.32. The fourth-order valence-corrected chi connectivity index (χ4v) is 4.36. The lowest BCUT2D eigenvalue weighted by Gasteiger charge is -2.15. The third-order valence-electron chi connectivity index (χ3n) is 4.72. The fourth-order valence-electron chi connectivity index (χ4n) is 3.29. The Morgan fingerprint density at radius 1 is 1.00 bits per heavy atom. The van der Waals surface area contributed by atoms with Crippen LogP contribution in [-0.2, 0) is 14.8 Å². The van der Waals surface area contributed by atoms with E-state index in [2.05, 4.69) is 4.72 Å². The molecule has 0 radical (unpaired) electrons. The van der Waals surface area contributed by atoms with E-state index in [-0.39, 0.29) is 17.5 Å². The van der Waals surface area contributed by atoms with Gasteiger partial charge in [-0.1, -0.05) is 12.1 Å². The zero-order chi connectivity index (χ0) is 19.0. The van der Waals surface area contributed by atoms with Gasteiger partial charge in [0.05, 0.1) is 27.8 Å². The highest BCUT2D eigenvalue weighted by Gasteiger charge is 2.36. The van der Waals surface area contributed by atoms with Crippen molar-refractivity contribution in [3.05, 3.63) is 59.7 Å². The van der Waals surface area contributed by atoms with Gasteiger partial charge in [0, 0.05) is 13.2 Å². The molecule has 2 amide bonds. The maximum absolute atomic E-state index is 12.5. The van der Waals surface area contributed by atoms with E-state index in [1.807, 2.05) is 0 Å². The quantitative estimate of drug-likeness (QED) is 0.793. The van der Waals surface area contributed by atoms with Crippen molar-refractivity contribution in [2.24, 2.45) is 0 Å². The van der Waals surface area contributed by atoms with Crippen molar-refractivity contribution in [1.82, 2.24) is 4.72 Å². The number of anilines is 1. The molecule has 1 fully saturated rings. The van der Waals surface area contributed by atoms with E-state index < -0.39 is 21.8 Å². The van der Waals surface area contributed by atoms with Gasteiger partial charge in [0.15, 0.2) is 0 Å². The molecule has 4 rings (SSSR count). The molecular weight excluding hydrogens is 368 g/mol. The van der Waals surface area contributed by atoms with Crippen molar-refractivity contribution in [3.8, 4) is 0 Å². The molecule has 2 aromatic rings. The summed E-state index contributed by atoms with van der Waals surface area (Å²) in [7, 11) is -3.69. The molecule has 1 saturated heterocycles. The highest BCUT2D eigenvalue weighted by molar-refractivity contribution is 7.89. The number of benzene rings is 2. The Labute approximate surface area is 157 Å². The zero-order valence-electron chi connectivity index (χ0n) is 14.4. The molecule has 0 aliphatic carbocycles. The molecule has 0 saturated carbocycles. The standard InChI is InChI=1S/C19H18N2O5S/c22-18-16-5-1-2-6-17(16)19(23)21(18)13-7-9-15(10-8-13)27(24,25)20-12-14-4-3-11-26-14/h1-2,5-10,14,20H,3-4,11-12H2/t14-/m1/s1. The second-order valence-corrected chi connectivity index (χ2v) is 8.24. The summed E-state index contributed by atoms with van der Waals surface area (Å²) < 4.78 is 32.8. The van der Waals surface area contributed by atoms with Gasteiger partial charge in [0.2, 0.25) is 10.0 Å². The van der Waals surface area contributed by atoms with Crippen LogP contribution in [0.25, 0.3) is 0 Å². The molecule has 2 aromatic carbocycles. The van der Waals surface area contributed by atoms with E-state index >= 15 is 0 Å². The van der Waals surface area contributed by atoms with Gasteiger partial charge >= 0.3 is 0 Å². The van der Waals surface area contributed by atoms with Crippen LogP contribution in [0.2, 0.25) is 0 Å². The Morgan fingerprint density at radius 3 is 2.19 bits per heavy atom. The first-order valence-electron chi connectivity index (χ1n) is 8.66. The van der Waals surface area contributed by atoms with Gasteiger partial charge in [-0.3, -0.25) is 9.59 Å². The maximum Gasteiger partial charge on any atom is 0.266 e. The van der Waals surface area contributed by atoms with Crippen LogP contribution in [0, 0.1) is 0 Å². The topological polar surface area (TPSA) is 92.8 Å². The molecule has 2 heterocycles. The van der Waals surface area contributed by atoms with Gasteiger partial charge in [-0.15, -0.1) is 0 Å². The van der Waals surface area contributed by atoms with E-state index in [9.17, 15) is 18.0 Å². The molecule has 0 spiro atoms. The van der Waals surface area contributed by atoms with Crippen molar-refractivity contribution in [1.29, 1.82) is 0 Å². The first kappa shape index (κ1) is 17.8. The molecule has 0 unspecified atom stereocenters. The number of sulfonamides is 1. The third-order valence-corrected chi connectivity index (χ3v) is 6.16. The average Bonchev–Trinajstić information content (AvgIpc) is 3.28. The summed E-state index contributed by atoms with van der Waals surface area (Å²) in [5.74, 6) is -0.828. The number of ether oxygens (including phenoxy) is 1. The SMILES string of the molecule is O=C1c2ccccc2C(=O)N1c1ccc(S(=O)(=O)NC[C@H]2CCCO2)cc1. The van der Waals surface area contributed by atoms with Crippen molar-refractivity contribution in [2.75, 3.05) is 18.1 Å². The Balaban J connectivity index is 1.52. The van der Waals surface area contributed by atoms with Crippen molar-refractivity contribution in [3.63, 3.8) is 0 Å². The fraction of sp³-hybridized carbons (Fsp3) is 0.263. The van der Waals surface area contributed by atoms with Crippen LogP contribution in [-0.4, -0.2) is 39.5 Å². The van der Waals surface area contributed by atoms with Gasteiger partial charge in [-0.2, -0.15) is 0 Å². The predicted molar refractivity (Wildman–Crippen MR) is 98.2 cm³/mol. The number of carbonyl (C=O) groups excluding carboxylic acids is 2. The zero-order valence-corrected chi connectivity index (χ0v) is 15.2. The lowest BCUT2D eigenvalue weighted by molar-refractivity contribution is 0.0926. The number of imide groups is 1. The second-order valence-electron chi connectivity index (χ2n) is 6.47. The molecule has 1 atom stereocenters. The van der Waals surface area contributed by atoms with Crippen molar-refractivity contribution in [2.45, 2.75) is 23.8 Å². The molecular formula is C19H18N2O5S.